The average molecular weight is 464 g/mol. The second-order valence-corrected chi connectivity index (χ2v) is 6.67. The van der Waals surface area contributed by atoms with Crippen LogP contribution in [-0.2, 0) is 6.61 Å². The third kappa shape index (κ3) is 4.25. The third-order valence-electron chi connectivity index (χ3n) is 4.18. The Morgan fingerprint density at radius 1 is 1.26 bits per heavy atom. The van der Waals surface area contributed by atoms with Crippen LogP contribution in [0.1, 0.15) is 17.1 Å². The molecule has 0 unspecified atom stereocenters. The first-order chi connectivity index (χ1) is 14.4. The van der Waals surface area contributed by atoms with Gasteiger partial charge in [0.2, 0.25) is 0 Å². The highest BCUT2D eigenvalue weighted by molar-refractivity contribution is 6.32. The lowest BCUT2D eigenvalue weighted by atomic mass is 10.2. The van der Waals surface area contributed by atoms with Crippen LogP contribution in [0, 0.1) is 29.9 Å². The Morgan fingerprint density at radius 2 is 2.03 bits per heavy atom. The fourth-order valence-electron chi connectivity index (χ4n) is 2.97. The average Bonchev–Trinajstić information content (AvgIpc) is 3.15. The van der Waals surface area contributed by atoms with E-state index in [1.165, 1.54) is 16.9 Å². The van der Waals surface area contributed by atoms with Crippen LogP contribution in [0.3, 0.4) is 0 Å². The van der Waals surface area contributed by atoms with E-state index in [2.05, 4.69) is 25.4 Å². The Bertz CT molecular complexity index is 1340. The molecule has 0 aliphatic carbocycles. The number of nitrogens with zero attached hydrogens (tertiary/aromatic N) is 6. The number of anilines is 2. The molecule has 0 fully saturated rings. The Kier molecular flexibility index (Phi) is 6.31. The lowest BCUT2D eigenvalue weighted by Gasteiger charge is -2.08. The molecular formula is C19H13Cl2F2N7O. The van der Waals surface area contributed by atoms with Crippen molar-refractivity contribution in [1.29, 1.82) is 5.26 Å². The first kappa shape index (κ1) is 22.3. The minimum absolute atomic E-state index is 0. The van der Waals surface area contributed by atoms with Crippen LogP contribution in [0.2, 0.25) is 5.02 Å². The van der Waals surface area contributed by atoms with Gasteiger partial charge in [-0.05, 0) is 19.1 Å². The molecule has 0 bridgehead atoms. The molecule has 0 aliphatic rings. The van der Waals surface area contributed by atoms with Gasteiger partial charge >= 0.3 is 0 Å². The van der Waals surface area contributed by atoms with Crippen molar-refractivity contribution in [3.8, 4) is 11.8 Å². The van der Waals surface area contributed by atoms with Crippen molar-refractivity contribution in [3.63, 3.8) is 0 Å². The standard InChI is InChI=1S/C19H12ClF2N7O.ClH/c1-9-25-12(8-30)4-16(26-9)27-19-13-7-29(28-17(13)15(22)6-24-19)18-10(5-23)2-11(21)3-14(18)20;/h2-4,6-7,30H,8H2,1H3,(H,24,25,26,27);1H. The van der Waals surface area contributed by atoms with E-state index in [4.69, 9.17) is 11.6 Å². The molecule has 3 aromatic heterocycles. The Balaban J connectivity index is 0.00000272. The molecule has 0 atom stereocenters. The molecule has 158 valence electrons. The van der Waals surface area contributed by atoms with Crippen molar-refractivity contribution < 1.29 is 13.9 Å². The minimum Gasteiger partial charge on any atom is -0.390 e. The Morgan fingerprint density at radius 3 is 2.74 bits per heavy atom. The van der Waals surface area contributed by atoms with Crippen LogP contribution in [-0.4, -0.2) is 29.8 Å². The number of nitrogens with one attached hydrogen (secondary N) is 1. The number of aliphatic hydroxyl groups is 1. The zero-order valence-corrected chi connectivity index (χ0v) is 17.3. The highest BCUT2D eigenvalue weighted by Crippen LogP contribution is 2.30. The zero-order chi connectivity index (χ0) is 21.4. The summed E-state index contributed by atoms with van der Waals surface area (Å²) in [5.41, 5.74) is 0.415. The lowest BCUT2D eigenvalue weighted by Crippen LogP contribution is -2.02. The fourth-order valence-corrected chi connectivity index (χ4v) is 3.26. The van der Waals surface area contributed by atoms with Crippen molar-refractivity contribution in [3.05, 3.63) is 64.3 Å². The SMILES string of the molecule is Cc1nc(CO)cc(Nc2ncc(F)c3nn(-c4c(Cl)cc(F)cc4C#N)cc23)n1.Cl. The normalized spacial score (nSPS) is 10.6. The summed E-state index contributed by atoms with van der Waals surface area (Å²) in [4.78, 5) is 12.4. The van der Waals surface area contributed by atoms with Crippen molar-refractivity contribution >= 4 is 46.5 Å². The Hall–Kier alpha value is -3.39. The largest absolute Gasteiger partial charge is 0.390 e. The molecule has 1 aromatic carbocycles. The molecule has 0 saturated carbocycles. The molecular weight excluding hydrogens is 451 g/mol. The number of halogens is 4. The van der Waals surface area contributed by atoms with Gasteiger partial charge in [-0.3, -0.25) is 0 Å². The van der Waals surface area contributed by atoms with Gasteiger partial charge in [0.05, 0.1) is 34.5 Å². The van der Waals surface area contributed by atoms with Gasteiger partial charge < -0.3 is 10.4 Å². The van der Waals surface area contributed by atoms with Crippen molar-refractivity contribution in [2.24, 2.45) is 0 Å². The van der Waals surface area contributed by atoms with E-state index in [0.29, 0.717) is 17.3 Å². The van der Waals surface area contributed by atoms with Gasteiger partial charge in [0.15, 0.2) is 5.82 Å². The van der Waals surface area contributed by atoms with Gasteiger partial charge in [0.1, 0.15) is 40.6 Å². The maximum atomic E-state index is 14.4. The number of pyridine rings is 1. The number of rotatable bonds is 4. The summed E-state index contributed by atoms with van der Waals surface area (Å²) < 4.78 is 29.2. The molecule has 0 aliphatic heterocycles. The van der Waals surface area contributed by atoms with E-state index < -0.39 is 11.6 Å². The molecule has 2 N–H and O–H groups in total. The van der Waals surface area contributed by atoms with Gasteiger partial charge in [-0.1, -0.05) is 11.6 Å². The summed E-state index contributed by atoms with van der Waals surface area (Å²) in [6.45, 7) is 1.39. The van der Waals surface area contributed by atoms with Gasteiger partial charge in [-0.25, -0.2) is 28.4 Å². The molecule has 0 amide bonds. The number of benzene rings is 1. The zero-order valence-electron chi connectivity index (χ0n) is 15.8. The van der Waals surface area contributed by atoms with Crippen molar-refractivity contribution in [1.82, 2.24) is 24.7 Å². The number of nitriles is 1. The van der Waals surface area contributed by atoms with Crippen molar-refractivity contribution in [2.45, 2.75) is 13.5 Å². The molecule has 0 radical (unpaired) electrons. The van der Waals surface area contributed by atoms with Gasteiger partial charge in [0.25, 0.3) is 0 Å². The van der Waals surface area contributed by atoms with Crippen molar-refractivity contribution in [2.75, 3.05) is 5.32 Å². The topological polar surface area (TPSA) is 113 Å². The van der Waals surface area contributed by atoms with Crippen LogP contribution in [0.4, 0.5) is 20.4 Å². The number of hydrogen-bond acceptors (Lipinski definition) is 7. The van der Waals surface area contributed by atoms with Crippen LogP contribution >= 0.6 is 24.0 Å². The maximum absolute atomic E-state index is 14.4. The minimum atomic E-state index is -0.694. The Labute approximate surface area is 185 Å². The predicted molar refractivity (Wildman–Crippen MR) is 112 cm³/mol. The highest BCUT2D eigenvalue weighted by atomic mass is 35.5. The summed E-state index contributed by atoms with van der Waals surface area (Å²) >= 11 is 6.12. The van der Waals surface area contributed by atoms with Crippen LogP contribution < -0.4 is 5.32 Å². The van der Waals surface area contributed by atoms with E-state index in [0.717, 1.165) is 18.3 Å². The number of aliphatic hydroxyl groups excluding tert-OH is 1. The molecule has 3 heterocycles. The summed E-state index contributed by atoms with van der Waals surface area (Å²) in [5, 5.41) is 26.0. The lowest BCUT2D eigenvalue weighted by molar-refractivity contribution is 0.276. The summed E-state index contributed by atoms with van der Waals surface area (Å²) in [6, 6.07) is 5.44. The number of hydrogen-bond donors (Lipinski definition) is 2. The quantitative estimate of drug-likeness (QED) is 0.470. The first-order valence-electron chi connectivity index (χ1n) is 8.55. The summed E-state index contributed by atoms with van der Waals surface area (Å²) in [6.07, 6.45) is 2.41. The summed E-state index contributed by atoms with van der Waals surface area (Å²) in [5.74, 6) is -0.365. The van der Waals surface area contributed by atoms with E-state index in [1.54, 1.807) is 6.92 Å². The van der Waals surface area contributed by atoms with Gasteiger partial charge in [0, 0.05) is 12.3 Å². The van der Waals surface area contributed by atoms with E-state index >= 15 is 0 Å². The van der Waals surface area contributed by atoms with E-state index in [9.17, 15) is 19.1 Å². The molecule has 0 spiro atoms. The number of aryl methyl sites for hydroxylation is 1. The molecule has 8 nitrogen and oxygen atoms in total. The molecule has 0 saturated heterocycles. The van der Waals surface area contributed by atoms with E-state index in [-0.39, 0.29) is 52.0 Å². The van der Waals surface area contributed by atoms with E-state index in [1.807, 2.05) is 6.07 Å². The summed E-state index contributed by atoms with van der Waals surface area (Å²) in [7, 11) is 0. The van der Waals surface area contributed by atoms with Crippen LogP contribution in [0.5, 0.6) is 0 Å². The highest BCUT2D eigenvalue weighted by Gasteiger charge is 2.18. The molecule has 12 heteroatoms. The molecule has 4 aromatic rings. The smallest absolute Gasteiger partial charge is 0.169 e. The predicted octanol–water partition coefficient (Wildman–Crippen LogP) is 3.98. The molecule has 4 rings (SSSR count). The fraction of sp³-hybridized carbons (Fsp3) is 0.105. The van der Waals surface area contributed by atoms with Gasteiger partial charge in [-0.2, -0.15) is 10.4 Å². The second-order valence-electron chi connectivity index (χ2n) is 6.26. The van der Waals surface area contributed by atoms with Crippen LogP contribution in [0.15, 0.2) is 30.6 Å². The van der Waals surface area contributed by atoms with Crippen LogP contribution in [0.25, 0.3) is 16.6 Å². The van der Waals surface area contributed by atoms with Gasteiger partial charge in [-0.15, -0.1) is 12.4 Å². The number of aromatic nitrogens is 5. The maximum Gasteiger partial charge on any atom is 0.169 e. The monoisotopic (exact) mass is 463 g/mol. The second kappa shape index (κ2) is 8.77. The first-order valence-corrected chi connectivity index (χ1v) is 8.93. The molecule has 31 heavy (non-hydrogen) atoms. The third-order valence-corrected chi connectivity index (χ3v) is 4.47. The number of fused-ring (bicyclic) bond motifs is 1.